The molecule has 3 N–H and O–H groups in total. The summed E-state index contributed by atoms with van der Waals surface area (Å²) < 4.78 is 38.7. The monoisotopic (exact) mass is 465 g/mol. The van der Waals surface area contributed by atoms with Crippen molar-refractivity contribution in [1.82, 2.24) is 0 Å². The fraction of sp³-hybridized carbons (Fsp3) is 0.217. The third-order valence-electron chi connectivity index (χ3n) is 5.07. The maximum absolute atomic E-state index is 12.9. The molecule has 32 heavy (non-hydrogen) atoms. The number of phenols is 1. The molecule has 168 valence electrons. The average molecular weight is 466 g/mol. The molecule has 3 aromatic carbocycles. The van der Waals surface area contributed by atoms with E-state index >= 15 is 0 Å². The van der Waals surface area contributed by atoms with Crippen molar-refractivity contribution < 1.29 is 33.0 Å². The fourth-order valence-corrected chi connectivity index (χ4v) is 3.72. The summed E-state index contributed by atoms with van der Waals surface area (Å²) in [6, 6.07) is 13.6. The van der Waals surface area contributed by atoms with Crippen molar-refractivity contribution in [2.45, 2.75) is 31.4 Å². The number of halogens is 4. The lowest BCUT2D eigenvalue weighted by Gasteiger charge is -2.19. The van der Waals surface area contributed by atoms with Crippen LogP contribution < -0.4 is 5.32 Å². The summed E-state index contributed by atoms with van der Waals surface area (Å²) in [6.45, 7) is 0. The number of amides is 1. The number of aromatic carboxylic acids is 1. The quantitative estimate of drug-likeness (QED) is 0.379. The van der Waals surface area contributed by atoms with Crippen molar-refractivity contribution >= 4 is 39.9 Å². The third kappa shape index (κ3) is 5.70. The summed E-state index contributed by atoms with van der Waals surface area (Å²) >= 11 is 6.08. The summed E-state index contributed by atoms with van der Waals surface area (Å²) in [5, 5.41) is 22.7. The molecule has 0 aliphatic heterocycles. The molecule has 0 aliphatic carbocycles. The molecule has 5 nitrogen and oxygen atoms in total. The van der Waals surface area contributed by atoms with Crippen LogP contribution in [-0.4, -0.2) is 28.3 Å². The number of anilines is 1. The Morgan fingerprint density at radius 3 is 2.47 bits per heavy atom. The zero-order valence-corrected chi connectivity index (χ0v) is 17.4. The van der Waals surface area contributed by atoms with E-state index in [0.717, 1.165) is 0 Å². The first-order valence-electron chi connectivity index (χ1n) is 9.65. The Kier molecular flexibility index (Phi) is 6.93. The first-order valence-corrected chi connectivity index (χ1v) is 10.0. The lowest BCUT2D eigenvalue weighted by Crippen LogP contribution is -2.19. The molecule has 0 aliphatic rings. The average Bonchev–Trinajstić information content (AvgIpc) is 2.73. The zero-order chi connectivity index (χ0) is 23.5. The summed E-state index contributed by atoms with van der Waals surface area (Å²) in [7, 11) is 0. The van der Waals surface area contributed by atoms with Crippen molar-refractivity contribution in [3.8, 4) is 5.75 Å². The molecule has 0 spiro atoms. The van der Waals surface area contributed by atoms with Gasteiger partial charge in [0.2, 0.25) is 5.91 Å². The number of benzene rings is 3. The molecular weight excluding hydrogens is 447 g/mol. The Morgan fingerprint density at radius 2 is 1.78 bits per heavy atom. The number of alkyl halides is 3. The van der Waals surface area contributed by atoms with E-state index in [1.54, 1.807) is 30.3 Å². The van der Waals surface area contributed by atoms with Gasteiger partial charge in [-0.1, -0.05) is 48.0 Å². The highest BCUT2D eigenvalue weighted by Gasteiger charge is 2.30. The molecule has 0 bridgehead atoms. The summed E-state index contributed by atoms with van der Waals surface area (Å²) in [4.78, 5) is 23.9. The summed E-state index contributed by atoms with van der Waals surface area (Å²) in [5.74, 6) is -2.72. The van der Waals surface area contributed by atoms with Crippen molar-refractivity contribution in [2.24, 2.45) is 0 Å². The second kappa shape index (κ2) is 9.48. The van der Waals surface area contributed by atoms with Crippen LogP contribution in [0.1, 0.15) is 41.1 Å². The van der Waals surface area contributed by atoms with Crippen LogP contribution in [0.5, 0.6) is 5.75 Å². The number of carboxylic acids is 1. The number of aromatic hydroxyl groups is 1. The molecule has 1 atom stereocenters. The van der Waals surface area contributed by atoms with Gasteiger partial charge in [-0.2, -0.15) is 13.2 Å². The Morgan fingerprint density at radius 1 is 1.06 bits per heavy atom. The minimum absolute atomic E-state index is 0.0698. The van der Waals surface area contributed by atoms with Crippen molar-refractivity contribution in [1.29, 1.82) is 0 Å². The SMILES string of the molecule is O=C(CC(CCC(F)(F)F)c1ccc2c(Cl)c(O)ccc2c1)Nc1ccccc1C(=O)O. The highest BCUT2D eigenvalue weighted by Crippen LogP contribution is 2.36. The number of phenolic OH excluding ortho intramolecular Hbond substituents is 1. The predicted octanol–water partition coefficient (Wildman–Crippen LogP) is 6.35. The standard InChI is InChI=1S/C23H19ClF3NO4/c24-21-16-7-5-13(11-15(16)6-8-19(21)29)14(9-10-23(25,26)27)12-20(30)28-18-4-2-1-3-17(18)22(31)32/h1-8,11,14,29H,9-10,12H2,(H,28,30)(H,31,32). The largest absolute Gasteiger partial charge is 0.506 e. The fourth-order valence-electron chi connectivity index (χ4n) is 3.48. The minimum Gasteiger partial charge on any atom is -0.506 e. The lowest BCUT2D eigenvalue weighted by molar-refractivity contribution is -0.137. The van der Waals surface area contributed by atoms with Crippen LogP contribution in [0.3, 0.4) is 0 Å². The molecule has 3 rings (SSSR count). The Labute approximate surface area is 186 Å². The van der Waals surface area contributed by atoms with Gasteiger partial charge in [0.15, 0.2) is 0 Å². The van der Waals surface area contributed by atoms with Gasteiger partial charge in [0.25, 0.3) is 0 Å². The van der Waals surface area contributed by atoms with Crippen LogP contribution in [0.2, 0.25) is 5.02 Å². The van der Waals surface area contributed by atoms with Gasteiger partial charge >= 0.3 is 12.1 Å². The van der Waals surface area contributed by atoms with Crippen LogP contribution in [0.15, 0.2) is 54.6 Å². The molecule has 0 saturated heterocycles. The minimum atomic E-state index is -4.39. The highest BCUT2D eigenvalue weighted by atomic mass is 35.5. The van der Waals surface area contributed by atoms with Crippen LogP contribution in [-0.2, 0) is 4.79 Å². The lowest BCUT2D eigenvalue weighted by atomic mass is 9.89. The normalized spacial score (nSPS) is 12.5. The molecule has 1 unspecified atom stereocenters. The van der Waals surface area contributed by atoms with Crippen molar-refractivity contribution in [2.75, 3.05) is 5.32 Å². The first-order chi connectivity index (χ1) is 15.0. The first kappa shape index (κ1) is 23.4. The van der Waals surface area contributed by atoms with Gasteiger partial charge in [0, 0.05) is 18.2 Å². The molecule has 1 amide bonds. The number of carbonyl (C=O) groups is 2. The number of hydrogen-bond acceptors (Lipinski definition) is 3. The highest BCUT2D eigenvalue weighted by molar-refractivity contribution is 6.37. The number of nitrogens with one attached hydrogen (secondary N) is 1. The van der Waals surface area contributed by atoms with Gasteiger partial charge in [-0.25, -0.2) is 4.79 Å². The molecule has 0 aromatic heterocycles. The number of fused-ring (bicyclic) bond motifs is 1. The summed E-state index contributed by atoms with van der Waals surface area (Å²) in [6.07, 6.45) is -6.07. The molecule has 9 heteroatoms. The van der Waals surface area contributed by atoms with Crippen molar-refractivity contribution in [3.05, 3.63) is 70.7 Å². The molecule has 0 radical (unpaired) electrons. The Balaban J connectivity index is 1.88. The van der Waals surface area contributed by atoms with E-state index in [0.29, 0.717) is 16.3 Å². The van der Waals surface area contributed by atoms with E-state index in [9.17, 15) is 33.0 Å². The molecule has 0 saturated carbocycles. The zero-order valence-electron chi connectivity index (χ0n) is 16.6. The van der Waals surface area contributed by atoms with Gasteiger partial charge in [-0.3, -0.25) is 4.79 Å². The van der Waals surface area contributed by atoms with Crippen LogP contribution in [0.25, 0.3) is 10.8 Å². The second-order valence-electron chi connectivity index (χ2n) is 7.33. The van der Waals surface area contributed by atoms with Crippen molar-refractivity contribution in [3.63, 3.8) is 0 Å². The topological polar surface area (TPSA) is 86.6 Å². The van der Waals surface area contributed by atoms with Crippen LogP contribution in [0, 0.1) is 0 Å². The maximum Gasteiger partial charge on any atom is 0.389 e. The number of rotatable bonds is 7. The molecule has 3 aromatic rings. The summed E-state index contributed by atoms with van der Waals surface area (Å²) in [5.41, 5.74) is 0.457. The predicted molar refractivity (Wildman–Crippen MR) is 115 cm³/mol. The van der Waals surface area contributed by atoms with Gasteiger partial charge < -0.3 is 15.5 Å². The van der Waals surface area contributed by atoms with Gasteiger partial charge in [0.1, 0.15) is 5.75 Å². The van der Waals surface area contributed by atoms with E-state index in [4.69, 9.17) is 11.6 Å². The van der Waals surface area contributed by atoms with Gasteiger partial charge in [-0.05, 0) is 41.5 Å². The van der Waals surface area contributed by atoms with Crippen LogP contribution in [0.4, 0.5) is 18.9 Å². The molecular formula is C23H19ClF3NO4. The third-order valence-corrected chi connectivity index (χ3v) is 5.47. The number of para-hydroxylation sites is 1. The Hall–Kier alpha value is -3.26. The van der Waals surface area contributed by atoms with Gasteiger partial charge in [-0.15, -0.1) is 0 Å². The number of carbonyl (C=O) groups excluding carboxylic acids is 1. The van der Waals surface area contributed by atoms with E-state index in [-0.39, 0.29) is 34.9 Å². The van der Waals surface area contributed by atoms with E-state index < -0.39 is 30.4 Å². The van der Waals surface area contributed by atoms with E-state index in [1.807, 2.05) is 0 Å². The molecule has 0 fully saturated rings. The maximum atomic E-state index is 12.9. The van der Waals surface area contributed by atoms with E-state index in [2.05, 4.69) is 5.32 Å². The second-order valence-corrected chi connectivity index (χ2v) is 7.71. The Bertz CT molecular complexity index is 1160. The number of carboxylic acid groups (broad SMARTS) is 1. The number of hydrogen-bond donors (Lipinski definition) is 3. The molecule has 0 heterocycles. The van der Waals surface area contributed by atoms with Gasteiger partial charge in [0.05, 0.1) is 16.3 Å². The van der Waals surface area contributed by atoms with E-state index in [1.165, 1.54) is 24.3 Å². The smallest absolute Gasteiger partial charge is 0.389 e. The van der Waals surface area contributed by atoms with Crippen LogP contribution >= 0.6 is 11.6 Å².